The van der Waals surface area contributed by atoms with Crippen LogP contribution in [0.3, 0.4) is 0 Å². The molecule has 2 nitrogen and oxygen atoms in total. The molecule has 0 fully saturated rings. The van der Waals surface area contributed by atoms with Crippen LogP contribution in [0.5, 0.6) is 0 Å². The topological polar surface area (TPSA) is 20.3 Å². The number of hydrogen-bond donors (Lipinski definition) is 0. The van der Waals surface area contributed by atoms with Gasteiger partial charge >= 0.3 is 0 Å². The number of nitrogens with zero attached hydrogens (tertiary/aromatic N) is 1. The Balaban J connectivity index is 2.55. The van der Waals surface area contributed by atoms with Crippen molar-refractivity contribution < 1.29 is 4.79 Å². The summed E-state index contributed by atoms with van der Waals surface area (Å²) in [5.41, 5.74) is 1.03. The fourth-order valence-corrected chi connectivity index (χ4v) is 1.02. The van der Waals surface area contributed by atoms with Crippen LogP contribution in [0.4, 0.5) is 0 Å². The summed E-state index contributed by atoms with van der Waals surface area (Å²) in [5, 5.41) is 0. The molecule has 0 aliphatic heterocycles. The van der Waals surface area contributed by atoms with Gasteiger partial charge < -0.3 is 4.90 Å². The molecule has 0 aliphatic rings. The first-order chi connectivity index (χ1) is 7.18. The lowest BCUT2D eigenvalue weighted by Crippen LogP contribution is -2.01. The SMILES string of the molecule is CN(C)/C=C\C(=O)/C=C/c1ccccc1. The van der Waals surface area contributed by atoms with E-state index < -0.39 is 0 Å². The molecule has 0 N–H and O–H groups in total. The Hall–Kier alpha value is -1.83. The van der Waals surface area contributed by atoms with Crippen molar-refractivity contribution >= 4 is 11.9 Å². The number of ketones is 1. The number of rotatable bonds is 4. The minimum atomic E-state index is -0.00690. The Kier molecular flexibility index (Phi) is 4.35. The Bertz CT molecular complexity index is 363. The molecule has 0 unspecified atom stereocenters. The van der Waals surface area contributed by atoms with E-state index in [1.807, 2.05) is 55.4 Å². The van der Waals surface area contributed by atoms with Gasteiger partial charge in [-0.05, 0) is 11.6 Å². The highest BCUT2D eigenvalue weighted by Gasteiger charge is 1.89. The molecule has 0 amide bonds. The quantitative estimate of drug-likeness (QED) is 0.697. The average molecular weight is 201 g/mol. The lowest BCUT2D eigenvalue weighted by atomic mass is 10.2. The molecular weight excluding hydrogens is 186 g/mol. The van der Waals surface area contributed by atoms with Crippen LogP contribution in [0.1, 0.15) is 5.56 Å². The molecule has 15 heavy (non-hydrogen) atoms. The Morgan fingerprint density at radius 3 is 2.40 bits per heavy atom. The van der Waals surface area contributed by atoms with Crippen LogP contribution >= 0.6 is 0 Å². The third-order valence-corrected chi connectivity index (χ3v) is 1.78. The molecule has 1 rings (SSSR count). The Labute approximate surface area is 90.5 Å². The maximum absolute atomic E-state index is 11.3. The summed E-state index contributed by atoms with van der Waals surface area (Å²) in [6, 6.07) is 9.75. The predicted octanol–water partition coefficient (Wildman–Crippen LogP) is 2.34. The van der Waals surface area contributed by atoms with Crippen LogP contribution in [-0.4, -0.2) is 24.8 Å². The van der Waals surface area contributed by atoms with Gasteiger partial charge in [0.05, 0.1) is 0 Å². The molecule has 0 bridgehead atoms. The average Bonchev–Trinajstić information content (AvgIpc) is 2.25. The molecule has 2 heteroatoms. The Morgan fingerprint density at radius 2 is 1.80 bits per heavy atom. The maximum atomic E-state index is 11.3. The van der Waals surface area contributed by atoms with Gasteiger partial charge in [-0.2, -0.15) is 0 Å². The van der Waals surface area contributed by atoms with Gasteiger partial charge in [0.15, 0.2) is 5.78 Å². The number of allylic oxidation sites excluding steroid dienone is 2. The van der Waals surface area contributed by atoms with Gasteiger partial charge in [-0.15, -0.1) is 0 Å². The molecule has 0 aliphatic carbocycles. The van der Waals surface area contributed by atoms with Crippen molar-refractivity contribution in [2.75, 3.05) is 14.1 Å². The molecule has 0 aromatic heterocycles. The zero-order valence-corrected chi connectivity index (χ0v) is 9.05. The standard InChI is InChI=1S/C13H15NO/c1-14(2)11-10-13(15)9-8-12-6-4-3-5-7-12/h3-11H,1-2H3/b9-8+,11-10-. The van der Waals surface area contributed by atoms with E-state index in [9.17, 15) is 4.79 Å². The Morgan fingerprint density at radius 1 is 1.13 bits per heavy atom. The third kappa shape index (κ3) is 4.81. The number of hydrogen-bond acceptors (Lipinski definition) is 2. The van der Waals surface area contributed by atoms with Gasteiger partial charge in [0.1, 0.15) is 0 Å². The van der Waals surface area contributed by atoms with Crippen molar-refractivity contribution in [2.45, 2.75) is 0 Å². The van der Waals surface area contributed by atoms with Crippen LogP contribution in [0.15, 0.2) is 48.7 Å². The molecule has 0 saturated carbocycles. The van der Waals surface area contributed by atoms with Crippen molar-refractivity contribution in [3.05, 3.63) is 54.2 Å². The molecule has 1 aromatic rings. The number of carbonyl (C=O) groups is 1. The van der Waals surface area contributed by atoms with E-state index in [1.165, 1.54) is 0 Å². The molecular formula is C13H15NO. The summed E-state index contributed by atoms with van der Waals surface area (Å²) in [6.45, 7) is 0. The molecule has 0 heterocycles. The second-order valence-corrected chi connectivity index (χ2v) is 3.43. The highest BCUT2D eigenvalue weighted by atomic mass is 16.1. The van der Waals surface area contributed by atoms with Gasteiger partial charge in [-0.3, -0.25) is 4.79 Å². The van der Waals surface area contributed by atoms with E-state index in [1.54, 1.807) is 18.4 Å². The lowest BCUT2D eigenvalue weighted by molar-refractivity contribution is -0.110. The summed E-state index contributed by atoms with van der Waals surface area (Å²) >= 11 is 0. The number of carbonyl (C=O) groups excluding carboxylic acids is 1. The lowest BCUT2D eigenvalue weighted by Gasteiger charge is -2.01. The monoisotopic (exact) mass is 201 g/mol. The van der Waals surface area contributed by atoms with Gasteiger partial charge in [-0.25, -0.2) is 0 Å². The van der Waals surface area contributed by atoms with E-state index in [0.717, 1.165) is 5.56 Å². The van der Waals surface area contributed by atoms with Crippen LogP contribution in [-0.2, 0) is 4.79 Å². The van der Waals surface area contributed by atoms with Crippen molar-refractivity contribution in [1.29, 1.82) is 0 Å². The molecule has 0 saturated heterocycles. The van der Waals surface area contributed by atoms with Gasteiger partial charge in [0.2, 0.25) is 0 Å². The fraction of sp³-hybridized carbons (Fsp3) is 0.154. The first kappa shape index (κ1) is 11.2. The first-order valence-electron chi connectivity index (χ1n) is 4.80. The van der Waals surface area contributed by atoms with Gasteiger partial charge in [-0.1, -0.05) is 36.4 Å². The van der Waals surface area contributed by atoms with E-state index in [-0.39, 0.29) is 5.78 Å². The van der Waals surface area contributed by atoms with Crippen molar-refractivity contribution in [3.8, 4) is 0 Å². The summed E-state index contributed by atoms with van der Waals surface area (Å²) in [6.07, 6.45) is 6.65. The molecule has 1 aromatic carbocycles. The highest BCUT2D eigenvalue weighted by molar-refractivity contribution is 6.01. The van der Waals surface area contributed by atoms with E-state index >= 15 is 0 Å². The molecule has 0 radical (unpaired) electrons. The van der Waals surface area contributed by atoms with Crippen LogP contribution in [0, 0.1) is 0 Å². The zero-order chi connectivity index (χ0) is 11.1. The summed E-state index contributed by atoms with van der Waals surface area (Å²) in [4.78, 5) is 13.1. The third-order valence-electron chi connectivity index (χ3n) is 1.78. The fourth-order valence-electron chi connectivity index (χ4n) is 1.02. The minimum absolute atomic E-state index is 0.00690. The van der Waals surface area contributed by atoms with Gasteiger partial charge in [0.25, 0.3) is 0 Å². The second kappa shape index (κ2) is 5.81. The minimum Gasteiger partial charge on any atom is -0.383 e. The summed E-state index contributed by atoms with van der Waals surface area (Å²) in [5.74, 6) is -0.00690. The largest absolute Gasteiger partial charge is 0.383 e. The van der Waals surface area contributed by atoms with E-state index in [4.69, 9.17) is 0 Å². The van der Waals surface area contributed by atoms with Crippen LogP contribution in [0.2, 0.25) is 0 Å². The predicted molar refractivity (Wildman–Crippen MR) is 63.3 cm³/mol. The molecule has 78 valence electrons. The van der Waals surface area contributed by atoms with Crippen molar-refractivity contribution in [3.63, 3.8) is 0 Å². The highest BCUT2D eigenvalue weighted by Crippen LogP contribution is 2.00. The van der Waals surface area contributed by atoms with Gasteiger partial charge in [0, 0.05) is 26.4 Å². The zero-order valence-electron chi connectivity index (χ0n) is 9.05. The molecule has 0 spiro atoms. The van der Waals surface area contributed by atoms with Crippen molar-refractivity contribution in [1.82, 2.24) is 4.90 Å². The first-order valence-corrected chi connectivity index (χ1v) is 4.80. The van der Waals surface area contributed by atoms with Crippen LogP contribution in [0.25, 0.3) is 6.08 Å². The molecule has 0 atom stereocenters. The smallest absolute Gasteiger partial charge is 0.180 e. The van der Waals surface area contributed by atoms with E-state index in [2.05, 4.69) is 0 Å². The van der Waals surface area contributed by atoms with Crippen LogP contribution < -0.4 is 0 Å². The normalized spacial score (nSPS) is 11.1. The van der Waals surface area contributed by atoms with E-state index in [0.29, 0.717) is 0 Å². The summed E-state index contributed by atoms with van der Waals surface area (Å²) < 4.78 is 0. The second-order valence-electron chi connectivity index (χ2n) is 3.43. The summed E-state index contributed by atoms with van der Waals surface area (Å²) in [7, 11) is 3.76. The maximum Gasteiger partial charge on any atom is 0.180 e. The van der Waals surface area contributed by atoms with Crippen molar-refractivity contribution in [2.24, 2.45) is 0 Å². The number of benzene rings is 1.